The van der Waals surface area contributed by atoms with Crippen LogP contribution in [0.15, 0.2) is 23.1 Å². The number of carbonyl (C=O) groups is 1. The third-order valence-corrected chi connectivity index (χ3v) is 5.06. The molecule has 5 nitrogen and oxygen atoms in total. The topological polar surface area (TPSA) is 89.3 Å². The molecule has 108 valence electrons. The van der Waals surface area contributed by atoms with Crippen molar-refractivity contribution in [2.24, 2.45) is 22.9 Å². The molecule has 2 saturated carbocycles. The van der Waals surface area contributed by atoms with Crippen LogP contribution < -0.4 is 10.5 Å². The van der Waals surface area contributed by atoms with Crippen LogP contribution in [0.4, 0.5) is 10.1 Å². The van der Waals surface area contributed by atoms with Crippen LogP contribution in [0, 0.1) is 23.6 Å². The van der Waals surface area contributed by atoms with Crippen molar-refractivity contribution in [1.29, 1.82) is 0 Å². The van der Waals surface area contributed by atoms with Crippen molar-refractivity contribution in [3.8, 4) is 0 Å². The second-order valence-corrected chi connectivity index (χ2v) is 7.13. The Labute approximate surface area is 116 Å². The minimum atomic E-state index is -4.08. The number of benzene rings is 1. The minimum Gasteiger partial charge on any atom is -0.326 e. The van der Waals surface area contributed by atoms with E-state index in [2.05, 4.69) is 5.32 Å². The molecule has 20 heavy (non-hydrogen) atoms. The molecule has 0 radical (unpaired) electrons. The van der Waals surface area contributed by atoms with Gasteiger partial charge in [0, 0.05) is 11.6 Å². The summed E-state index contributed by atoms with van der Waals surface area (Å²) in [5.74, 6) is 0.277. The van der Waals surface area contributed by atoms with Crippen LogP contribution in [-0.2, 0) is 14.8 Å². The zero-order chi connectivity index (χ0) is 14.5. The zero-order valence-corrected chi connectivity index (χ0v) is 11.5. The highest BCUT2D eigenvalue weighted by atomic mass is 32.2. The number of nitrogens with one attached hydrogen (secondary N) is 1. The fourth-order valence-corrected chi connectivity index (χ4v) is 3.57. The zero-order valence-electron chi connectivity index (χ0n) is 10.7. The first-order chi connectivity index (χ1) is 9.34. The number of fused-ring (bicyclic) bond motifs is 1. The lowest BCUT2D eigenvalue weighted by atomic mass is 10.0. The smallest absolute Gasteiger partial charge is 0.240 e. The second-order valence-electron chi connectivity index (χ2n) is 5.60. The first-order valence-electron chi connectivity index (χ1n) is 6.48. The van der Waals surface area contributed by atoms with Gasteiger partial charge < -0.3 is 5.32 Å². The largest absolute Gasteiger partial charge is 0.326 e. The highest BCUT2D eigenvalue weighted by Gasteiger charge is 2.47. The summed E-state index contributed by atoms with van der Waals surface area (Å²) in [6.45, 7) is 0. The minimum absolute atomic E-state index is 0.0141. The quantitative estimate of drug-likeness (QED) is 0.885. The van der Waals surface area contributed by atoms with Crippen LogP contribution in [0.3, 0.4) is 0 Å². The summed E-state index contributed by atoms with van der Waals surface area (Å²) in [7, 11) is -4.08. The number of halogens is 1. The van der Waals surface area contributed by atoms with Crippen molar-refractivity contribution in [2.45, 2.75) is 24.2 Å². The molecule has 1 aromatic rings. The molecule has 3 N–H and O–H groups in total. The second kappa shape index (κ2) is 4.53. The van der Waals surface area contributed by atoms with Gasteiger partial charge in [-0.1, -0.05) is 0 Å². The number of amides is 1. The van der Waals surface area contributed by atoms with Crippen LogP contribution >= 0.6 is 0 Å². The molecule has 0 aromatic heterocycles. The molecule has 7 heteroatoms. The molecule has 0 saturated heterocycles. The van der Waals surface area contributed by atoms with Gasteiger partial charge in [0.05, 0.1) is 0 Å². The van der Waals surface area contributed by atoms with Gasteiger partial charge in [-0.3, -0.25) is 4.79 Å². The van der Waals surface area contributed by atoms with Crippen molar-refractivity contribution >= 4 is 21.6 Å². The Hall–Kier alpha value is -1.47. The van der Waals surface area contributed by atoms with Gasteiger partial charge in [-0.2, -0.15) is 0 Å². The summed E-state index contributed by atoms with van der Waals surface area (Å²) >= 11 is 0. The number of primary sulfonamides is 1. The fourth-order valence-electron chi connectivity index (χ4n) is 2.98. The molecule has 2 fully saturated rings. The van der Waals surface area contributed by atoms with Gasteiger partial charge in [-0.25, -0.2) is 17.9 Å². The van der Waals surface area contributed by atoms with Gasteiger partial charge in [0.1, 0.15) is 10.7 Å². The lowest BCUT2D eigenvalue weighted by molar-refractivity contribution is -0.120. The van der Waals surface area contributed by atoms with E-state index in [0.29, 0.717) is 11.8 Å². The SMILES string of the molecule is NS(=O)(=O)c1ccc(NC(=O)C2CC3CC3C2)cc1F. The van der Waals surface area contributed by atoms with E-state index in [9.17, 15) is 17.6 Å². The summed E-state index contributed by atoms with van der Waals surface area (Å²) in [5.41, 5.74) is 0.250. The molecular formula is C13H15FN2O3S. The summed E-state index contributed by atoms with van der Waals surface area (Å²) in [6, 6.07) is 3.39. The van der Waals surface area contributed by atoms with Crippen LogP contribution in [0.2, 0.25) is 0 Å². The van der Waals surface area contributed by atoms with E-state index in [0.717, 1.165) is 25.0 Å². The van der Waals surface area contributed by atoms with Crippen molar-refractivity contribution < 1.29 is 17.6 Å². The normalized spacial score (nSPS) is 28.0. The number of anilines is 1. The van der Waals surface area contributed by atoms with E-state index >= 15 is 0 Å². The maximum atomic E-state index is 13.6. The Kier molecular flexibility index (Phi) is 3.06. The summed E-state index contributed by atoms with van der Waals surface area (Å²) in [4.78, 5) is 11.4. The molecule has 2 atom stereocenters. The molecule has 1 amide bonds. The number of rotatable bonds is 3. The van der Waals surface area contributed by atoms with E-state index in [1.165, 1.54) is 12.5 Å². The molecule has 0 bridgehead atoms. The van der Waals surface area contributed by atoms with Gasteiger partial charge in [-0.05, 0) is 49.3 Å². The molecule has 3 rings (SSSR count). The Morgan fingerprint density at radius 1 is 1.25 bits per heavy atom. The number of sulfonamides is 1. The number of nitrogens with two attached hydrogens (primary N) is 1. The van der Waals surface area contributed by atoms with Crippen LogP contribution in [0.5, 0.6) is 0 Å². The van der Waals surface area contributed by atoms with Gasteiger partial charge >= 0.3 is 0 Å². The van der Waals surface area contributed by atoms with E-state index in [1.54, 1.807) is 0 Å². The maximum absolute atomic E-state index is 13.6. The highest BCUT2D eigenvalue weighted by molar-refractivity contribution is 7.89. The lowest BCUT2D eigenvalue weighted by Gasteiger charge is -2.12. The number of hydrogen-bond donors (Lipinski definition) is 2. The standard InChI is InChI=1S/C13H15FN2O3S/c14-11-6-10(1-2-12(11)20(15,18)19)16-13(17)9-4-7-3-8(7)5-9/h1-2,6-9H,3-5H2,(H,16,17)(H2,15,18,19). The van der Waals surface area contributed by atoms with Crippen molar-refractivity contribution in [2.75, 3.05) is 5.32 Å². The van der Waals surface area contributed by atoms with E-state index in [1.807, 2.05) is 0 Å². The van der Waals surface area contributed by atoms with Crippen molar-refractivity contribution in [3.63, 3.8) is 0 Å². The number of hydrogen-bond acceptors (Lipinski definition) is 3. The predicted molar refractivity (Wildman–Crippen MR) is 70.7 cm³/mol. The van der Waals surface area contributed by atoms with Crippen LogP contribution in [0.1, 0.15) is 19.3 Å². The molecule has 0 spiro atoms. The first kappa shape index (κ1) is 13.5. The van der Waals surface area contributed by atoms with Crippen LogP contribution in [-0.4, -0.2) is 14.3 Å². The molecule has 2 unspecified atom stereocenters. The van der Waals surface area contributed by atoms with E-state index in [-0.39, 0.29) is 17.5 Å². The van der Waals surface area contributed by atoms with Gasteiger partial charge in [0.15, 0.2) is 0 Å². The Balaban J connectivity index is 1.71. The predicted octanol–water partition coefficient (Wildman–Crippen LogP) is 1.46. The third-order valence-electron chi connectivity index (χ3n) is 4.12. The average Bonchev–Trinajstić information content (AvgIpc) is 2.94. The summed E-state index contributed by atoms with van der Waals surface area (Å²) < 4.78 is 35.8. The Morgan fingerprint density at radius 2 is 1.90 bits per heavy atom. The fraction of sp³-hybridized carbons (Fsp3) is 0.462. The van der Waals surface area contributed by atoms with Crippen LogP contribution in [0.25, 0.3) is 0 Å². The molecule has 1 aromatic carbocycles. The Bertz CT molecular complexity index is 664. The summed E-state index contributed by atoms with van der Waals surface area (Å²) in [6.07, 6.45) is 3.02. The molecule has 2 aliphatic rings. The highest BCUT2D eigenvalue weighted by Crippen LogP contribution is 2.54. The van der Waals surface area contributed by atoms with E-state index < -0.39 is 20.7 Å². The first-order valence-corrected chi connectivity index (χ1v) is 8.02. The third kappa shape index (κ3) is 2.55. The van der Waals surface area contributed by atoms with Gasteiger partial charge in [-0.15, -0.1) is 0 Å². The van der Waals surface area contributed by atoms with Gasteiger partial charge in [0.2, 0.25) is 15.9 Å². The van der Waals surface area contributed by atoms with Gasteiger partial charge in [0.25, 0.3) is 0 Å². The summed E-state index contributed by atoms with van der Waals surface area (Å²) in [5, 5.41) is 7.50. The molecule has 2 aliphatic carbocycles. The van der Waals surface area contributed by atoms with E-state index in [4.69, 9.17) is 5.14 Å². The number of carbonyl (C=O) groups excluding carboxylic acids is 1. The Morgan fingerprint density at radius 3 is 2.45 bits per heavy atom. The molecule has 0 aliphatic heterocycles. The molecule has 0 heterocycles. The van der Waals surface area contributed by atoms with Crippen molar-refractivity contribution in [1.82, 2.24) is 0 Å². The maximum Gasteiger partial charge on any atom is 0.240 e. The lowest BCUT2D eigenvalue weighted by Crippen LogP contribution is -2.22. The molecular weight excluding hydrogens is 283 g/mol. The van der Waals surface area contributed by atoms with Crippen molar-refractivity contribution in [3.05, 3.63) is 24.0 Å². The monoisotopic (exact) mass is 298 g/mol. The average molecular weight is 298 g/mol.